The van der Waals surface area contributed by atoms with Gasteiger partial charge in [0.2, 0.25) is 5.91 Å². The minimum atomic E-state index is -0.405. The molecule has 1 heterocycles. The van der Waals surface area contributed by atoms with E-state index in [9.17, 15) is 9.59 Å². The smallest absolute Gasteiger partial charge is 0.330 e. The molecule has 0 radical (unpaired) electrons. The number of nitrogens with zero attached hydrogens (tertiary/aromatic N) is 3. The van der Waals surface area contributed by atoms with Crippen LogP contribution in [0.25, 0.3) is 28.1 Å². The zero-order chi connectivity index (χ0) is 26.9. The molecule has 198 valence electrons. The average Bonchev–Trinajstić information content (AvgIpc) is 3.71. The SMILES string of the molecule is COC(=O)/C=C/c1cccc(N(Cc2ccc(-c3ccc4c(cnn4C)c3)cc2)C(=O)[C@H]2C[C@H]3CC[C@@H]2C3)c1. The number of anilines is 1. The van der Waals surface area contributed by atoms with Gasteiger partial charge in [-0.1, -0.05) is 48.9 Å². The molecule has 6 nitrogen and oxygen atoms in total. The highest BCUT2D eigenvalue weighted by Gasteiger charge is 2.44. The second kappa shape index (κ2) is 10.5. The Morgan fingerprint density at radius 1 is 1.03 bits per heavy atom. The van der Waals surface area contributed by atoms with Crippen LogP contribution in [0, 0.1) is 17.8 Å². The van der Waals surface area contributed by atoms with Gasteiger partial charge in [-0.15, -0.1) is 0 Å². The molecule has 2 aliphatic rings. The highest BCUT2D eigenvalue weighted by atomic mass is 16.5. The standard InChI is InChI=1S/C33H33N3O3/c1-35-31-14-13-26(19-28(31)20-34-35)25-10-6-23(7-11-25)21-36(33(38)30-18-24-8-12-27(30)16-24)29-5-3-4-22(17-29)9-15-32(37)39-2/h3-7,9-11,13-15,17,19-20,24,27,30H,8,12,16,18,21H2,1-2H3/b15-9+/t24-,27+,30-/m0/s1. The third-order valence-electron chi connectivity index (χ3n) is 8.49. The van der Waals surface area contributed by atoms with Crippen molar-refractivity contribution in [2.75, 3.05) is 12.0 Å². The fraction of sp³-hybridized carbons (Fsp3) is 0.303. The molecule has 0 aliphatic heterocycles. The van der Waals surface area contributed by atoms with Crippen molar-refractivity contribution in [1.82, 2.24) is 9.78 Å². The topological polar surface area (TPSA) is 64.4 Å². The Labute approximate surface area is 228 Å². The highest BCUT2D eigenvalue weighted by Crippen LogP contribution is 2.49. The Bertz CT molecular complexity index is 1550. The second-order valence-corrected chi connectivity index (χ2v) is 10.9. The molecule has 4 aromatic rings. The number of aromatic nitrogens is 2. The quantitative estimate of drug-likeness (QED) is 0.209. The molecule has 2 bridgehead atoms. The van der Waals surface area contributed by atoms with Crippen LogP contribution in [-0.4, -0.2) is 28.8 Å². The van der Waals surface area contributed by atoms with E-state index in [0.29, 0.717) is 18.4 Å². The summed E-state index contributed by atoms with van der Waals surface area (Å²) in [4.78, 5) is 27.6. The van der Waals surface area contributed by atoms with Crippen molar-refractivity contribution in [2.45, 2.75) is 32.2 Å². The number of benzene rings is 3. The normalized spacial score (nSPS) is 20.1. The van der Waals surface area contributed by atoms with E-state index >= 15 is 0 Å². The van der Waals surface area contributed by atoms with Crippen molar-refractivity contribution in [3.8, 4) is 11.1 Å². The summed E-state index contributed by atoms with van der Waals surface area (Å²) >= 11 is 0. The molecule has 39 heavy (non-hydrogen) atoms. The minimum Gasteiger partial charge on any atom is -0.466 e. The van der Waals surface area contributed by atoms with E-state index in [0.717, 1.165) is 51.7 Å². The summed E-state index contributed by atoms with van der Waals surface area (Å²) in [6.45, 7) is 0.499. The van der Waals surface area contributed by atoms with Gasteiger partial charge in [0.05, 0.1) is 25.4 Å². The summed E-state index contributed by atoms with van der Waals surface area (Å²) in [5, 5.41) is 5.47. The first kappa shape index (κ1) is 25.1. The number of hydrogen-bond donors (Lipinski definition) is 0. The highest BCUT2D eigenvalue weighted by molar-refractivity contribution is 5.96. The maximum atomic E-state index is 14.0. The number of aryl methyl sites for hydroxylation is 1. The van der Waals surface area contributed by atoms with Gasteiger partial charge in [-0.05, 0) is 83.7 Å². The van der Waals surface area contributed by atoms with Crippen LogP contribution >= 0.6 is 0 Å². The molecule has 0 unspecified atom stereocenters. The Morgan fingerprint density at radius 3 is 2.59 bits per heavy atom. The number of carbonyl (C=O) groups is 2. The molecule has 1 amide bonds. The van der Waals surface area contributed by atoms with E-state index < -0.39 is 5.97 Å². The van der Waals surface area contributed by atoms with Crippen molar-refractivity contribution >= 4 is 34.5 Å². The van der Waals surface area contributed by atoms with E-state index in [1.54, 1.807) is 6.08 Å². The van der Waals surface area contributed by atoms with E-state index in [4.69, 9.17) is 4.74 Å². The molecule has 0 spiro atoms. The predicted molar refractivity (Wildman–Crippen MR) is 154 cm³/mol. The summed E-state index contributed by atoms with van der Waals surface area (Å²) in [7, 11) is 3.31. The van der Waals surface area contributed by atoms with Crippen LogP contribution in [0.5, 0.6) is 0 Å². The largest absolute Gasteiger partial charge is 0.466 e. The third kappa shape index (κ3) is 5.11. The molecular weight excluding hydrogens is 486 g/mol. The Kier molecular flexibility index (Phi) is 6.77. The summed E-state index contributed by atoms with van der Waals surface area (Å²) in [5.41, 5.74) is 6.15. The molecule has 1 aromatic heterocycles. The molecule has 6 heteroatoms. The third-order valence-corrected chi connectivity index (χ3v) is 8.49. The Morgan fingerprint density at radius 2 is 1.85 bits per heavy atom. The molecule has 0 saturated heterocycles. The first-order valence-corrected chi connectivity index (χ1v) is 13.7. The lowest BCUT2D eigenvalue weighted by molar-refractivity contribution is -0.134. The van der Waals surface area contributed by atoms with Gasteiger partial charge in [0.15, 0.2) is 0 Å². The number of amides is 1. The Hall–Kier alpha value is -4.19. The fourth-order valence-corrected chi connectivity index (χ4v) is 6.40. The number of ether oxygens (including phenoxy) is 1. The van der Waals surface area contributed by atoms with Crippen LogP contribution in [0.15, 0.2) is 79.0 Å². The second-order valence-electron chi connectivity index (χ2n) is 10.9. The van der Waals surface area contributed by atoms with Gasteiger partial charge in [-0.25, -0.2) is 4.79 Å². The fourth-order valence-electron chi connectivity index (χ4n) is 6.40. The Balaban J connectivity index is 1.28. The lowest BCUT2D eigenvalue weighted by Crippen LogP contribution is -2.38. The average molecular weight is 520 g/mol. The lowest BCUT2D eigenvalue weighted by atomic mass is 9.87. The molecular formula is C33H33N3O3. The van der Waals surface area contributed by atoms with Crippen molar-refractivity contribution in [3.63, 3.8) is 0 Å². The summed E-state index contributed by atoms with van der Waals surface area (Å²) < 4.78 is 6.61. The number of hydrogen-bond acceptors (Lipinski definition) is 4. The van der Waals surface area contributed by atoms with Crippen LogP contribution in [-0.2, 0) is 27.9 Å². The summed E-state index contributed by atoms with van der Waals surface area (Å²) in [6, 6.07) is 22.7. The maximum Gasteiger partial charge on any atom is 0.330 e. The van der Waals surface area contributed by atoms with Gasteiger partial charge in [0.25, 0.3) is 0 Å². The van der Waals surface area contributed by atoms with Gasteiger partial charge >= 0.3 is 5.97 Å². The zero-order valence-electron chi connectivity index (χ0n) is 22.4. The van der Waals surface area contributed by atoms with Crippen molar-refractivity contribution < 1.29 is 14.3 Å². The lowest BCUT2D eigenvalue weighted by Gasteiger charge is -2.30. The van der Waals surface area contributed by atoms with Crippen LogP contribution in [0.1, 0.15) is 36.8 Å². The molecule has 2 saturated carbocycles. The van der Waals surface area contributed by atoms with Crippen molar-refractivity contribution in [2.24, 2.45) is 24.8 Å². The van der Waals surface area contributed by atoms with Crippen LogP contribution in [0.3, 0.4) is 0 Å². The van der Waals surface area contributed by atoms with Gasteiger partial charge in [-0.2, -0.15) is 5.10 Å². The molecule has 6 rings (SSSR count). The van der Waals surface area contributed by atoms with Crippen LogP contribution in [0.2, 0.25) is 0 Å². The zero-order valence-corrected chi connectivity index (χ0v) is 22.4. The molecule has 2 aliphatic carbocycles. The van der Waals surface area contributed by atoms with E-state index in [-0.39, 0.29) is 11.8 Å². The number of rotatable bonds is 7. The molecule has 0 N–H and O–H groups in total. The molecule has 3 atom stereocenters. The number of carbonyl (C=O) groups excluding carboxylic acids is 2. The number of methoxy groups -OCH3 is 1. The first-order chi connectivity index (χ1) is 19.0. The number of esters is 1. The van der Waals surface area contributed by atoms with Crippen molar-refractivity contribution in [3.05, 3.63) is 90.1 Å². The van der Waals surface area contributed by atoms with E-state index in [1.165, 1.54) is 26.0 Å². The van der Waals surface area contributed by atoms with Crippen LogP contribution in [0.4, 0.5) is 5.69 Å². The van der Waals surface area contributed by atoms with Gasteiger partial charge in [0, 0.05) is 30.1 Å². The van der Waals surface area contributed by atoms with E-state index in [2.05, 4.69) is 47.6 Å². The predicted octanol–water partition coefficient (Wildman–Crippen LogP) is 6.40. The summed E-state index contributed by atoms with van der Waals surface area (Å²) in [6.07, 6.45) is 9.62. The molecule has 3 aromatic carbocycles. The van der Waals surface area contributed by atoms with Gasteiger partial charge in [0.1, 0.15) is 0 Å². The van der Waals surface area contributed by atoms with E-state index in [1.807, 2.05) is 47.1 Å². The maximum absolute atomic E-state index is 14.0. The van der Waals surface area contributed by atoms with Gasteiger partial charge in [-0.3, -0.25) is 9.48 Å². The van der Waals surface area contributed by atoms with Crippen molar-refractivity contribution in [1.29, 1.82) is 0 Å². The minimum absolute atomic E-state index is 0.0866. The number of fused-ring (bicyclic) bond motifs is 3. The summed E-state index contributed by atoms with van der Waals surface area (Å²) in [5.74, 6) is 1.08. The first-order valence-electron chi connectivity index (χ1n) is 13.7. The van der Waals surface area contributed by atoms with Gasteiger partial charge < -0.3 is 9.64 Å². The van der Waals surface area contributed by atoms with Crippen LogP contribution < -0.4 is 4.90 Å². The monoisotopic (exact) mass is 519 g/mol. The molecule has 2 fully saturated rings.